The first-order chi connectivity index (χ1) is 7.22. The van der Waals surface area contributed by atoms with E-state index in [1.165, 1.54) is 10.7 Å². The van der Waals surface area contributed by atoms with Crippen molar-refractivity contribution < 1.29 is 14.6 Å². The van der Waals surface area contributed by atoms with Crippen molar-refractivity contribution in [1.82, 2.24) is 9.61 Å². The SMILES string of the molecule is CCOc1ccn2ncc(C(=O)O)c2c1. The van der Waals surface area contributed by atoms with Crippen LogP contribution in [0.3, 0.4) is 0 Å². The molecule has 1 N–H and O–H groups in total. The summed E-state index contributed by atoms with van der Waals surface area (Å²) < 4.78 is 6.79. The van der Waals surface area contributed by atoms with E-state index in [9.17, 15) is 4.79 Å². The van der Waals surface area contributed by atoms with Crippen molar-refractivity contribution in [2.45, 2.75) is 6.92 Å². The molecule has 0 aliphatic rings. The van der Waals surface area contributed by atoms with Crippen LogP contribution in [0.5, 0.6) is 5.75 Å². The van der Waals surface area contributed by atoms with Crippen LogP contribution in [0.1, 0.15) is 17.3 Å². The molecule has 2 rings (SSSR count). The molecule has 15 heavy (non-hydrogen) atoms. The normalized spacial score (nSPS) is 10.5. The first kappa shape index (κ1) is 9.51. The van der Waals surface area contributed by atoms with Crippen LogP contribution in [0.15, 0.2) is 24.5 Å². The van der Waals surface area contributed by atoms with Gasteiger partial charge in [0, 0.05) is 12.3 Å². The molecule has 0 saturated heterocycles. The topological polar surface area (TPSA) is 63.8 Å². The molecule has 78 valence electrons. The maximum absolute atomic E-state index is 10.9. The smallest absolute Gasteiger partial charge is 0.339 e. The molecule has 0 aliphatic heterocycles. The van der Waals surface area contributed by atoms with Gasteiger partial charge in [-0.3, -0.25) is 0 Å². The second-order valence-corrected chi connectivity index (χ2v) is 2.99. The lowest BCUT2D eigenvalue weighted by Crippen LogP contribution is -1.97. The number of aromatic carboxylic acids is 1. The van der Waals surface area contributed by atoms with Gasteiger partial charge < -0.3 is 9.84 Å². The van der Waals surface area contributed by atoms with Crippen LogP contribution in [0.2, 0.25) is 0 Å². The molecule has 0 atom stereocenters. The number of aromatic nitrogens is 2. The van der Waals surface area contributed by atoms with E-state index in [-0.39, 0.29) is 5.56 Å². The standard InChI is InChI=1S/C10H10N2O3/c1-2-15-7-3-4-12-9(5-7)8(6-11-12)10(13)14/h3-6H,2H2,1H3,(H,13,14). The number of rotatable bonds is 3. The Labute approximate surface area is 85.9 Å². The predicted molar refractivity (Wildman–Crippen MR) is 53.3 cm³/mol. The Kier molecular flexibility index (Phi) is 2.29. The summed E-state index contributed by atoms with van der Waals surface area (Å²) in [5.74, 6) is -0.341. The molecule has 0 amide bonds. The third kappa shape index (κ3) is 1.63. The van der Waals surface area contributed by atoms with Crippen LogP contribution >= 0.6 is 0 Å². The lowest BCUT2D eigenvalue weighted by molar-refractivity contribution is 0.0699. The van der Waals surface area contributed by atoms with Crippen molar-refractivity contribution in [1.29, 1.82) is 0 Å². The minimum Gasteiger partial charge on any atom is -0.494 e. The molecular weight excluding hydrogens is 196 g/mol. The Morgan fingerprint density at radius 2 is 2.47 bits per heavy atom. The molecule has 0 saturated carbocycles. The number of nitrogens with zero attached hydrogens (tertiary/aromatic N) is 2. The minimum atomic E-state index is -0.987. The number of ether oxygens (including phenoxy) is 1. The van der Waals surface area contributed by atoms with E-state index < -0.39 is 5.97 Å². The summed E-state index contributed by atoms with van der Waals surface area (Å²) in [6.07, 6.45) is 3.00. The second-order valence-electron chi connectivity index (χ2n) is 2.99. The van der Waals surface area contributed by atoms with Gasteiger partial charge in [-0.05, 0) is 13.0 Å². The zero-order valence-electron chi connectivity index (χ0n) is 8.17. The number of pyridine rings is 1. The largest absolute Gasteiger partial charge is 0.494 e. The molecule has 0 aliphatic carbocycles. The summed E-state index contributed by atoms with van der Waals surface area (Å²) >= 11 is 0. The van der Waals surface area contributed by atoms with E-state index in [0.29, 0.717) is 17.9 Å². The van der Waals surface area contributed by atoms with Crippen molar-refractivity contribution in [3.05, 3.63) is 30.1 Å². The molecule has 0 bridgehead atoms. The Morgan fingerprint density at radius 3 is 3.13 bits per heavy atom. The fourth-order valence-corrected chi connectivity index (χ4v) is 1.38. The van der Waals surface area contributed by atoms with Crippen LogP contribution in [-0.2, 0) is 0 Å². The van der Waals surface area contributed by atoms with Gasteiger partial charge in [-0.25, -0.2) is 9.31 Å². The van der Waals surface area contributed by atoms with E-state index in [1.54, 1.807) is 18.3 Å². The highest BCUT2D eigenvalue weighted by Gasteiger charge is 2.11. The van der Waals surface area contributed by atoms with E-state index in [0.717, 1.165) is 0 Å². The molecule has 0 spiro atoms. The van der Waals surface area contributed by atoms with E-state index in [2.05, 4.69) is 5.10 Å². The van der Waals surface area contributed by atoms with Crippen LogP contribution in [0.25, 0.3) is 5.52 Å². The van der Waals surface area contributed by atoms with Gasteiger partial charge in [0.15, 0.2) is 0 Å². The van der Waals surface area contributed by atoms with Crippen LogP contribution in [-0.4, -0.2) is 27.3 Å². The average molecular weight is 206 g/mol. The lowest BCUT2D eigenvalue weighted by Gasteiger charge is -2.02. The minimum absolute atomic E-state index is 0.177. The molecule has 0 fully saturated rings. The zero-order valence-corrected chi connectivity index (χ0v) is 8.17. The van der Waals surface area contributed by atoms with Gasteiger partial charge in [-0.1, -0.05) is 0 Å². The molecule has 0 aromatic carbocycles. The van der Waals surface area contributed by atoms with Crippen molar-refractivity contribution in [2.75, 3.05) is 6.61 Å². The highest BCUT2D eigenvalue weighted by atomic mass is 16.5. The Bertz CT molecular complexity index is 504. The van der Waals surface area contributed by atoms with Crippen LogP contribution in [0, 0.1) is 0 Å². The molecule has 0 radical (unpaired) electrons. The number of hydrogen-bond acceptors (Lipinski definition) is 3. The Balaban J connectivity index is 2.56. The highest BCUT2D eigenvalue weighted by molar-refractivity contribution is 5.95. The summed E-state index contributed by atoms with van der Waals surface area (Å²) in [6, 6.07) is 3.41. The van der Waals surface area contributed by atoms with E-state index in [4.69, 9.17) is 9.84 Å². The predicted octanol–water partition coefficient (Wildman–Crippen LogP) is 1.43. The summed E-state index contributed by atoms with van der Waals surface area (Å²) in [7, 11) is 0. The van der Waals surface area contributed by atoms with Crippen molar-refractivity contribution >= 4 is 11.5 Å². The molecular formula is C10H10N2O3. The lowest BCUT2D eigenvalue weighted by atomic mass is 10.2. The molecule has 2 aromatic heterocycles. The quantitative estimate of drug-likeness (QED) is 0.825. The van der Waals surface area contributed by atoms with Crippen LogP contribution < -0.4 is 4.74 Å². The number of carboxylic acids is 1. The molecule has 2 heterocycles. The van der Waals surface area contributed by atoms with E-state index >= 15 is 0 Å². The summed E-state index contributed by atoms with van der Waals surface area (Å²) in [5, 5.41) is 12.8. The van der Waals surface area contributed by atoms with Gasteiger partial charge in [0.1, 0.15) is 11.3 Å². The maximum Gasteiger partial charge on any atom is 0.339 e. The Morgan fingerprint density at radius 1 is 1.67 bits per heavy atom. The maximum atomic E-state index is 10.9. The first-order valence-electron chi connectivity index (χ1n) is 4.56. The Hall–Kier alpha value is -2.04. The van der Waals surface area contributed by atoms with Gasteiger partial charge in [0.05, 0.1) is 18.3 Å². The summed E-state index contributed by atoms with van der Waals surface area (Å²) in [5.41, 5.74) is 0.713. The highest BCUT2D eigenvalue weighted by Crippen LogP contribution is 2.17. The number of carbonyl (C=O) groups is 1. The van der Waals surface area contributed by atoms with Gasteiger partial charge in [0.25, 0.3) is 0 Å². The van der Waals surface area contributed by atoms with Gasteiger partial charge in [-0.2, -0.15) is 5.10 Å². The molecule has 0 unspecified atom stereocenters. The van der Waals surface area contributed by atoms with Crippen molar-refractivity contribution in [3.8, 4) is 5.75 Å². The third-order valence-electron chi connectivity index (χ3n) is 2.03. The third-order valence-corrected chi connectivity index (χ3v) is 2.03. The fourth-order valence-electron chi connectivity index (χ4n) is 1.38. The number of carboxylic acid groups (broad SMARTS) is 1. The summed E-state index contributed by atoms with van der Waals surface area (Å²) in [6.45, 7) is 2.42. The van der Waals surface area contributed by atoms with Crippen molar-refractivity contribution in [3.63, 3.8) is 0 Å². The summed E-state index contributed by atoms with van der Waals surface area (Å²) in [4.78, 5) is 10.9. The molecule has 2 aromatic rings. The van der Waals surface area contributed by atoms with Crippen molar-refractivity contribution in [2.24, 2.45) is 0 Å². The first-order valence-corrected chi connectivity index (χ1v) is 4.56. The van der Waals surface area contributed by atoms with Gasteiger partial charge in [0.2, 0.25) is 0 Å². The fraction of sp³-hybridized carbons (Fsp3) is 0.200. The zero-order chi connectivity index (χ0) is 10.8. The van der Waals surface area contributed by atoms with E-state index in [1.807, 2.05) is 6.92 Å². The average Bonchev–Trinajstić information content (AvgIpc) is 2.61. The molecule has 5 heteroatoms. The number of fused-ring (bicyclic) bond motifs is 1. The molecule has 5 nitrogen and oxygen atoms in total. The van der Waals surface area contributed by atoms with Gasteiger partial charge in [-0.15, -0.1) is 0 Å². The monoisotopic (exact) mass is 206 g/mol. The van der Waals surface area contributed by atoms with Gasteiger partial charge >= 0.3 is 5.97 Å². The number of hydrogen-bond donors (Lipinski definition) is 1. The van der Waals surface area contributed by atoms with Crippen LogP contribution in [0.4, 0.5) is 0 Å². The second kappa shape index (κ2) is 3.61.